The smallest absolute Gasteiger partial charge is 0.305 e. The summed E-state index contributed by atoms with van der Waals surface area (Å²) in [6, 6.07) is 2.96. The zero-order valence-corrected chi connectivity index (χ0v) is 21.1. The largest absolute Gasteiger partial charge is 0.507 e. The van der Waals surface area contributed by atoms with Gasteiger partial charge < -0.3 is 19.7 Å². The molecule has 4 atom stereocenters. The van der Waals surface area contributed by atoms with E-state index < -0.39 is 41.5 Å². The van der Waals surface area contributed by atoms with Crippen LogP contribution in [0, 0.1) is 17.8 Å². The fourth-order valence-corrected chi connectivity index (χ4v) is 6.35. The van der Waals surface area contributed by atoms with E-state index in [1.165, 1.54) is 26.4 Å². The van der Waals surface area contributed by atoms with Gasteiger partial charge in [0.15, 0.2) is 11.6 Å². The zero-order chi connectivity index (χ0) is 27.5. The van der Waals surface area contributed by atoms with Crippen molar-refractivity contribution in [1.29, 1.82) is 0 Å². The summed E-state index contributed by atoms with van der Waals surface area (Å²) in [6.07, 6.45) is 3.02. The Labute approximate surface area is 218 Å². The minimum Gasteiger partial charge on any atom is -0.507 e. The number of rotatable bonds is 6. The lowest BCUT2D eigenvalue weighted by Gasteiger charge is -2.42. The predicted octanol–water partition coefficient (Wildman–Crippen LogP) is 2.31. The first kappa shape index (κ1) is 25.4. The van der Waals surface area contributed by atoms with Gasteiger partial charge in [-0.1, -0.05) is 11.6 Å². The molecule has 3 aliphatic carbocycles. The van der Waals surface area contributed by atoms with E-state index in [9.17, 15) is 29.1 Å². The van der Waals surface area contributed by atoms with Crippen molar-refractivity contribution in [2.75, 3.05) is 20.8 Å². The number of hydrogen-bond donors (Lipinski definition) is 2. The maximum Gasteiger partial charge on any atom is 0.305 e. The highest BCUT2D eigenvalue weighted by molar-refractivity contribution is 6.24. The monoisotopic (exact) mass is 521 g/mol. The van der Waals surface area contributed by atoms with Crippen LogP contribution in [0.2, 0.25) is 0 Å². The maximum absolute atomic E-state index is 13.5. The topological polar surface area (TPSA) is 148 Å². The molecule has 0 aromatic heterocycles. The van der Waals surface area contributed by atoms with Crippen molar-refractivity contribution in [2.45, 2.75) is 32.1 Å². The standard InChI is InChI=1S/C28H27NO9/c1-12-8-18(30)17-11-16-14(4-5-15-22(16)28(36)29(27(15)35)7-6-21(32)33)23(24(17)26(12)34)25-19(31)9-13(37-2)10-20(25)38-3/h4,8-10,15-16,22-23,31H,5-7,11H2,1-3H3,(H,32,33). The first-order chi connectivity index (χ1) is 18.1. The minimum atomic E-state index is -1.12. The molecule has 2 N–H and O–H groups in total. The van der Waals surface area contributed by atoms with Crippen LogP contribution in [0.15, 0.2) is 46.6 Å². The number of allylic oxidation sites excluding steroid dienone is 6. The number of methoxy groups -OCH3 is 2. The van der Waals surface area contributed by atoms with Crippen LogP contribution in [-0.2, 0) is 24.0 Å². The van der Waals surface area contributed by atoms with E-state index >= 15 is 0 Å². The first-order valence-electron chi connectivity index (χ1n) is 12.3. The lowest BCUT2D eigenvalue weighted by Crippen LogP contribution is -2.40. The number of carbonyl (C=O) groups excluding carboxylic acids is 4. The summed E-state index contributed by atoms with van der Waals surface area (Å²) in [5, 5.41) is 20.2. The number of ether oxygens (including phenoxy) is 2. The molecule has 38 heavy (non-hydrogen) atoms. The maximum atomic E-state index is 13.5. The highest BCUT2D eigenvalue weighted by Gasteiger charge is 2.56. The molecule has 5 rings (SSSR count). The molecule has 1 heterocycles. The summed E-state index contributed by atoms with van der Waals surface area (Å²) in [5.74, 6) is -5.34. The quantitative estimate of drug-likeness (QED) is 0.327. The number of carboxylic acid groups (broad SMARTS) is 1. The number of phenols is 1. The third-order valence-electron chi connectivity index (χ3n) is 8.04. The number of hydrogen-bond acceptors (Lipinski definition) is 8. The summed E-state index contributed by atoms with van der Waals surface area (Å²) >= 11 is 0. The Bertz CT molecular complexity index is 1400. The molecule has 0 saturated carbocycles. The van der Waals surface area contributed by atoms with Crippen LogP contribution in [0.1, 0.15) is 37.7 Å². The number of amides is 2. The molecular weight excluding hydrogens is 494 g/mol. The van der Waals surface area contributed by atoms with E-state index in [2.05, 4.69) is 0 Å². The molecule has 1 aliphatic heterocycles. The average Bonchev–Trinajstić information content (AvgIpc) is 3.13. The van der Waals surface area contributed by atoms with Crippen molar-refractivity contribution in [3.63, 3.8) is 0 Å². The molecule has 10 heteroatoms. The molecule has 1 aromatic rings. The fraction of sp³-hybridized carbons (Fsp3) is 0.393. The second-order valence-corrected chi connectivity index (χ2v) is 9.96. The van der Waals surface area contributed by atoms with Crippen LogP contribution in [0.4, 0.5) is 0 Å². The van der Waals surface area contributed by atoms with Crippen molar-refractivity contribution < 1.29 is 43.7 Å². The van der Waals surface area contributed by atoms with Gasteiger partial charge in [0.25, 0.3) is 0 Å². The van der Waals surface area contributed by atoms with Crippen LogP contribution < -0.4 is 9.47 Å². The number of aliphatic carboxylic acids is 1. The summed E-state index contributed by atoms with van der Waals surface area (Å²) in [4.78, 5) is 65.5. The van der Waals surface area contributed by atoms with Crippen LogP contribution in [0.5, 0.6) is 17.2 Å². The SMILES string of the molecule is COc1cc(O)c(C2C3=CCC4C(=O)N(CCC(=O)O)C(=O)C4C3CC3=C2C(=O)C(C)=CC3=O)c(OC)c1. The van der Waals surface area contributed by atoms with Crippen LogP contribution >= 0.6 is 0 Å². The Balaban J connectivity index is 1.68. The van der Waals surface area contributed by atoms with Gasteiger partial charge in [-0.2, -0.15) is 0 Å². The van der Waals surface area contributed by atoms with E-state index in [1.54, 1.807) is 13.0 Å². The van der Waals surface area contributed by atoms with Gasteiger partial charge in [0.1, 0.15) is 17.2 Å². The van der Waals surface area contributed by atoms with Gasteiger partial charge in [-0.05, 0) is 31.8 Å². The summed E-state index contributed by atoms with van der Waals surface area (Å²) < 4.78 is 10.8. The van der Waals surface area contributed by atoms with Crippen molar-refractivity contribution >= 4 is 29.4 Å². The van der Waals surface area contributed by atoms with Crippen LogP contribution in [0.3, 0.4) is 0 Å². The van der Waals surface area contributed by atoms with Gasteiger partial charge >= 0.3 is 5.97 Å². The van der Waals surface area contributed by atoms with Crippen LogP contribution in [0.25, 0.3) is 0 Å². The molecule has 1 aromatic carbocycles. The van der Waals surface area contributed by atoms with Crippen molar-refractivity contribution in [1.82, 2.24) is 4.90 Å². The Kier molecular flexibility index (Phi) is 6.21. The molecule has 4 unspecified atom stereocenters. The Morgan fingerprint density at radius 1 is 1.08 bits per heavy atom. The number of likely N-dealkylation sites (tertiary alicyclic amines) is 1. The molecule has 4 aliphatic rings. The molecular formula is C28H27NO9. The molecule has 0 spiro atoms. The minimum absolute atomic E-state index is 0.0816. The molecule has 10 nitrogen and oxygen atoms in total. The van der Waals surface area contributed by atoms with E-state index in [4.69, 9.17) is 14.6 Å². The molecule has 0 bridgehead atoms. The number of nitrogens with zero attached hydrogens (tertiary/aromatic N) is 1. The summed E-state index contributed by atoms with van der Waals surface area (Å²) in [5.41, 5.74) is 1.67. The number of Topliss-reactive ketones (excluding diaryl/α,β-unsaturated/α-hetero) is 1. The lowest BCUT2D eigenvalue weighted by molar-refractivity contribution is -0.142. The average molecular weight is 522 g/mol. The van der Waals surface area contributed by atoms with E-state index in [1.807, 2.05) is 6.08 Å². The highest BCUT2D eigenvalue weighted by Crippen LogP contribution is 2.57. The molecule has 1 saturated heterocycles. The Morgan fingerprint density at radius 3 is 2.47 bits per heavy atom. The number of imide groups is 1. The number of benzene rings is 1. The first-order valence-corrected chi connectivity index (χ1v) is 12.3. The molecule has 198 valence electrons. The second-order valence-electron chi connectivity index (χ2n) is 9.96. The number of fused-ring (bicyclic) bond motifs is 3. The molecule has 0 radical (unpaired) electrons. The molecule has 1 fully saturated rings. The normalized spacial score (nSPS) is 26.4. The summed E-state index contributed by atoms with van der Waals surface area (Å²) in [7, 11) is 2.85. The van der Waals surface area contributed by atoms with Crippen molar-refractivity contribution in [3.05, 3.63) is 52.1 Å². The van der Waals surface area contributed by atoms with Gasteiger partial charge in [-0.3, -0.25) is 28.9 Å². The van der Waals surface area contributed by atoms with Gasteiger partial charge in [-0.25, -0.2) is 0 Å². The van der Waals surface area contributed by atoms with E-state index in [0.29, 0.717) is 11.3 Å². The Hall–Kier alpha value is -4.21. The lowest BCUT2D eigenvalue weighted by atomic mass is 9.59. The van der Waals surface area contributed by atoms with Gasteiger partial charge in [0.05, 0.1) is 32.5 Å². The molecule has 2 amide bonds. The second kappa shape index (κ2) is 9.27. The van der Waals surface area contributed by atoms with Crippen LogP contribution in [-0.4, -0.2) is 65.2 Å². The van der Waals surface area contributed by atoms with Crippen molar-refractivity contribution in [3.8, 4) is 17.2 Å². The Morgan fingerprint density at radius 2 is 1.82 bits per heavy atom. The highest BCUT2D eigenvalue weighted by atomic mass is 16.5. The predicted molar refractivity (Wildman–Crippen MR) is 132 cm³/mol. The number of carbonyl (C=O) groups is 5. The number of ketones is 2. The fourth-order valence-electron chi connectivity index (χ4n) is 6.35. The van der Waals surface area contributed by atoms with Gasteiger partial charge in [0, 0.05) is 46.9 Å². The summed E-state index contributed by atoms with van der Waals surface area (Å²) in [6.45, 7) is 1.33. The van der Waals surface area contributed by atoms with Gasteiger partial charge in [0.2, 0.25) is 11.8 Å². The van der Waals surface area contributed by atoms with E-state index in [-0.39, 0.29) is 71.2 Å². The van der Waals surface area contributed by atoms with Gasteiger partial charge in [-0.15, -0.1) is 0 Å². The van der Waals surface area contributed by atoms with Crippen molar-refractivity contribution in [2.24, 2.45) is 17.8 Å². The third-order valence-corrected chi connectivity index (χ3v) is 8.04. The number of phenolic OH excluding ortho intramolecular Hbond substituents is 1. The van der Waals surface area contributed by atoms with E-state index in [0.717, 1.165) is 4.90 Å². The number of carboxylic acids is 1. The zero-order valence-electron chi connectivity index (χ0n) is 21.1. The number of aromatic hydroxyl groups is 1. The third kappa shape index (κ3) is 3.74.